The molecule has 4 nitrogen and oxygen atoms in total. The summed E-state index contributed by atoms with van der Waals surface area (Å²) in [4.78, 5) is 23.5. The van der Waals surface area contributed by atoms with Gasteiger partial charge in [-0.15, -0.1) is 0 Å². The largest absolute Gasteiger partial charge is 0.444 e. The first kappa shape index (κ1) is 13.8. The van der Waals surface area contributed by atoms with Gasteiger partial charge in [-0.1, -0.05) is 23.7 Å². The standard InChI is InChI=1S/C13H9BrClNO3/c14-12-5-4-11(19-12)13(18)16-7-10(17)8-2-1-3-9(15)6-8/h1-6H,7H2,(H,16,18). The molecule has 0 fully saturated rings. The number of nitrogens with one attached hydrogen (secondary N) is 1. The molecule has 0 atom stereocenters. The topological polar surface area (TPSA) is 59.3 Å². The number of carbonyl (C=O) groups is 2. The Morgan fingerprint density at radius 3 is 2.68 bits per heavy atom. The third kappa shape index (κ3) is 3.68. The van der Waals surface area contributed by atoms with Gasteiger partial charge in [0.05, 0.1) is 6.54 Å². The van der Waals surface area contributed by atoms with Gasteiger partial charge in [0.2, 0.25) is 0 Å². The summed E-state index contributed by atoms with van der Waals surface area (Å²) in [6.45, 7) is -0.114. The number of halogens is 2. The highest BCUT2D eigenvalue weighted by Gasteiger charge is 2.12. The normalized spacial score (nSPS) is 10.2. The molecule has 2 aromatic rings. The predicted molar refractivity (Wildman–Crippen MR) is 74.5 cm³/mol. The van der Waals surface area contributed by atoms with E-state index in [2.05, 4.69) is 21.2 Å². The van der Waals surface area contributed by atoms with Crippen LogP contribution in [0.3, 0.4) is 0 Å². The number of Topliss-reactive ketones (excluding diaryl/α,β-unsaturated/α-hetero) is 1. The molecule has 0 aliphatic heterocycles. The lowest BCUT2D eigenvalue weighted by Gasteiger charge is -2.03. The monoisotopic (exact) mass is 341 g/mol. The molecule has 0 saturated carbocycles. The van der Waals surface area contributed by atoms with Gasteiger partial charge in [0.1, 0.15) is 0 Å². The van der Waals surface area contributed by atoms with Crippen LogP contribution >= 0.6 is 27.5 Å². The summed E-state index contributed by atoms with van der Waals surface area (Å²) in [6.07, 6.45) is 0. The molecule has 1 aromatic carbocycles. The van der Waals surface area contributed by atoms with E-state index in [1.807, 2.05) is 0 Å². The third-order valence-corrected chi connectivity index (χ3v) is 3.01. The molecular weight excluding hydrogens is 334 g/mol. The molecule has 1 aromatic heterocycles. The zero-order valence-corrected chi connectivity index (χ0v) is 12.0. The van der Waals surface area contributed by atoms with Gasteiger partial charge in [0.25, 0.3) is 5.91 Å². The van der Waals surface area contributed by atoms with E-state index < -0.39 is 5.91 Å². The average molecular weight is 343 g/mol. The second-order valence-corrected chi connectivity index (χ2v) is 4.94. The summed E-state index contributed by atoms with van der Waals surface area (Å²) in [5.41, 5.74) is 0.452. The van der Waals surface area contributed by atoms with Crippen LogP contribution in [0.2, 0.25) is 5.02 Å². The zero-order valence-electron chi connectivity index (χ0n) is 9.65. The van der Waals surface area contributed by atoms with Gasteiger partial charge in [0, 0.05) is 10.6 Å². The molecule has 98 valence electrons. The van der Waals surface area contributed by atoms with Gasteiger partial charge >= 0.3 is 0 Å². The summed E-state index contributed by atoms with van der Waals surface area (Å²) in [5, 5.41) is 2.96. The highest BCUT2D eigenvalue weighted by Crippen LogP contribution is 2.14. The molecule has 1 N–H and O–H groups in total. The SMILES string of the molecule is O=C(CNC(=O)c1ccc(Br)o1)c1cccc(Cl)c1. The maximum Gasteiger partial charge on any atom is 0.287 e. The molecule has 6 heteroatoms. The van der Waals surface area contributed by atoms with Crippen molar-refractivity contribution in [2.45, 2.75) is 0 Å². The molecule has 1 amide bonds. The first-order valence-electron chi connectivity index (χ1n) is 5.38. The van der Waals surface area contributed by atoms with Crippen molar-refractivity contribution >= 4 is 39.2 Å². The van der Waals surface area contributed by atoms with Gasteiger partial charge < -0.3 is 9.73 Å². The number of rotatable bonds is 4. The van der Waals surface area contributed by atoms with Crippen molar-refractivity contribution in [3.63, 3.8) is 0 Å². The van der Waals surface area contributed by atoms with Crippen molar-refractivity contribution in [3.05, 3.63) is 57.4 Å². The number of ketones is 1. The Kier molecular flexibility index (Phi) is 4.39. The van der Waals surface area contributed by atoms with Crippen LogP contribution in [0, 0.1) is 0 Å². The fraction of sp³-hybridized carbons (Fsp3) is 0.0769. The summed E-state index contributed by atoms with van der Waals surface area (Å²) in [7, 11) is 0. The Bertz CT molecular complexity index is 624. The molecule has 0 unspecified atom stereocenters. The Morgan fingerprint density at radius 2 is 2.05 bits per heavy atom. The number of hydrogen-bond acceptors (Lipinski definition) is 3. The Labute approximate surface area is 122 Å². The Morgan fingerprint density at radius 1 is 1.26 bits per heavy atom. The quantitative estimate of drug-likeness (QED) is 0.867. The smallest absolute Gasteiger partial charge is 0.287 e. The van der Waals surface area contributed by atoms with Crippen molar-refractivity contribution in [1.82, 2.24) is 5.32 Å². The van der Waals surface area contributed by atoms with Gasteiger partial charge in [-0.2, -0.15) is 0 Å². The van der Waals surface area contributed by atoms with Gasteiger partial charge in [-0.05, 0) is 40.2 Å². The second kappa shape index (κ2) is 6.04. The first-order chi connectivity index (χ1) is 9.06. The molecule has 0 aliphatic rings. The van der Waals surface area contributed by atoms with Crippen LogP contribution in [0.15, 0.2) is 45.5 Å². The molecule has 0 aliphatic carbocycles. The third-order valence-electron chi connectivity index (χ3n) is 2.35. The lowest BCUT2D eigenvalue weighted by Crippen LogP contribution is -2.29. The molecular formula is C13H9BrClNO3. The van der Waals surface area contributed by atoms with Crippen LogP contribution in [-0.4, -0.2) is 18.2 Å². The molecule has 19 heavy (non-hydrogen) atoms. The number of hydrogen-bond donors (Lipinski definition) is 1. The first-order valence-corrected chi connectivity index (χ1v) is 6.55. The van der Waals surface area contributed by atoms with Gasteiger partial charge in [0.15, 0.2) is 16.2 Å². The summed E-state index contributed by atoms with van der Waals surface area (Å²) in [6, 6.07) is 9.68. The minimum atomic E-state index is -0.443. The number of amides is 1. The number of furan rings is 1. The summed E-state index contributed by atoms with van der Waals surface area (Å²) < 4.78 is 5.53. The maximum absolute atomic E-state index is 11.8. The van der Waals surface area contributed by atoms with Crippen molar-refractivity contribution < 1.29 is 14.0 Å². The van der Waals surface area contributed by atoms with E-state index in [9.17, 15) is 9.59 Å². The molecule has 0 bridgehead atoms. The van der Waals surface area contributed by atoms with Gasteiger partial charge in [-0.25, -0.2) is 0 Å². The highest BCUT2D eigenvalue weighted by molar-refractivity contribution is 9.10. The van der Waals surface area contributed by atoms with Crippen LogP contribution in [0.1, 0.15) is 20.9 Å². The van der Waals surface area contributed by atoms with E-state index in [0.29, 0.717) is 15.3 Å². The summed E-state index contributed by atoms with van der Waals surface area (Å²) >= 11 is 8.89. The number of carbonyl (C=O) groups excluding carboxylic acids is 2. The zero-order chi connectivity index (χ0) is 13.8. The van der Waals surface area contributed by atoms with Crippen molar-refractivity contribution in [2.75, 3.05) is 6.54 Å². The molecule has 1 heterocycles. The predicted octanol–water partition coefficient (Wildman–Crippen LogP) is 3.31. The Balaban J connectivity index is 1.95. The van der Waals surface area contributed by atoms with Crippen LogP contribution in [0.4, 0.5) is 0 Å². The van der Waals surface area contributed by atoms with Crippen LogP contribution in [-0.2, 0) is 0 Å². The number of benzene rings is 1. The van der Waals surface area contributed by atoms with E-state index >= 15 is 0 Å². The van der Waals surface area contributed by atoms with Crippen LogP contribution < -0.4 is 5.32 Å². The molecule has 0 radical (unpaired) electrons. The Hall–Kier alpha value is -1.59. The average Bonchev–Trinajstić information content (AvgIpc) is 2.82. The molecule has 0 spiro atoms. The van der Waals surface area contributed by atoms with E-state index in [4.69, 9.17) is 16.0 Å². The summed E-state index contributed by atoms with van der Waals surface area (Å²) in [5.74, 6) is -0.520. The lowest BCUT2D eigenvalue weighted by molar-refractivity contribution is 0.0884. The second-order valence-electron chi connectivity index (χ2n) is 3.72. The highest BCUT2D eigenvalue weighted by atomic mass is 79.9. The van der Waals surface area contributed by atoms with Crippen molar-refractivity contribution in [3.8, 4) is 0 Å². The minimum absolute atomic E-state index is 0.114. The van der Waals surface area contributed by atoms with Crippen molar-refractivity contribution in [1.29, 1.82) is 0 Å². The minimum Gasteiger partial charge on any atom is -0.444 e. The fourth-order valence-electron chi connectivity index (χ4n) is 1.45. The van der Waals surface area contributed by atoms with Gasteiger partial charge in [-0.3, -0.25) is 9.59 Å². The maximum atomic E-state index is 11.8. The van der Waals surface area contributed by atoms with E-state index in [0.717, 1.165) is 0 Å². The fourth-order valence-corrected chi connectivity index (χ4v) is 1.94. The lowest BCUT2D eigenvalue weighted by atomic mass is 10.1. The molecule has 0 saturated heterocycles. The van der Waals surface area contributed by atoms with Crippen LogP contribution in [0.25, 0.3) is 0 Å². The van der Waals surface area contributed by atoms with E-state index in [-0.39, 0.29) is 18.1 Å². The van der Waals surface area contributed by atoms with E-state index in [1.165, 1.54) is 6.07 Å². The molecule has 2 rings (SSSR count). The van der Waals surface area contributed by atoms with Crippen molar-refractivity contribution in [2.24, 2.45) is 0 Å². The van der Waals surface area contributed by atoms with E-state index in [1.54, 1.807) is 30.3 Å². The van der Waals surface area contributed by atoms with Crippen LogP contribution in [0.5, 0.6) is 0 Å².